The highest BCUT2D eigenvalue weighted by Crippen LogP contribution is 2.17. The predicted molar refractivity (Wildman–Crippen MR) is 258 cm³/mol. The van der Waals surface area contributed by atoms with Gasteiger partial charge in [-0.25, -0.2) is 0 Å². The number of amides is 1. The summed E-state index contributed by atoms with van der Waals surface area (Å²) in [5.41, 5.74) is 0. The van der Waals surface area contributed by atoms with Gasteiger partial charge in [-0.2, -0.15) is 0 Å². The Labute approximate surface area is 364 Å². The van der Waals surface area contributed by atoms with Crippen LogP contribution in [0, 0.1) is 0 Å². The lowest BCUT2D eigenvalue weighted by molar-refractivity contribution is -0.123. The minimum absolute atomic E-state index is 0.0694. The quantitative estimate of drug-likeness (QED) is 0.0423. The zero-order chi connectivity index (χ0) is 42.1. The fraction of sp³-hybridized carbons (Fsp3) is 0.907. The Kier molecular flexibility index (Phi) is 49.2. The van der Waals surface area contributed by atoms with Crippen LogP contribution >= 0.6 is 0 Å². The summed E-state index contributed by atoms with van der Waals surface area (Å²) in [5, 5.41) is 23.0. The standard InChI is InChI=1S/C54H105NO3/c1-3-5-7-9-11-13-15-17-18-19-20-21-22-23-24-25-26-27-28-29-30-31-32-33-34-35-36-37-38-40-42-44-46-48-50-54(58)55-52(51-56)53(57)49-47-45-43-41-39-16-14-12-10-8-6-4-2/h39,41,47,49,52-53,56-57H,3-38,40,42-46,48,50-51H2,1-2H3,(H,55,58)/b41-39+,49-47+. The van der Waals surface area contributed by atoms with E-state index in [0.717, 1.165) is 32.1 Å². The molecule has 0 aromatic rings. The number of rotatable bonds is 49. The summed E-state index contributed by atoms with van der Waals surface area (Å²) in [6.45, 7) is 4.30. The zero-order valence-electron chi connectivity index (χ0n) is 39.6. The molecular formula is C54H105NO3. The van der Waals surface area contributed by atoms with Gasteiger partial charge in [-0.3, -0.25) is 4.79 Å². The first-order valence-electron chi connectivity index (χ1n) is 26.6. The van der Waals surface area contributed by atoms with Gasteiger partial charge in [0, 0.05) is 6.42 Å². The lowest BCUT2D eigenvalue weighted by Crippen LogP contribution is -2.45. The summed E-state index contributed by atoms with van der Waals surface area (Å²) in [5.74, 6) is -0.0694. The van der Waals surface area contributed by atoms with E-state index in [-0.39, 0.29) is 12.5 Å². The Morgan fingerprint density at radius 3 is 1.00 bits per heavy atom. The number of unbranched alkanes of at least 4 members (excludes halogenated alkanes) is 40. The monoisotopic (exact) mass is 816 g/mol. The van der Waals surface area contributed by atoms with E-state index < -0.39 is 12.1 Å². The molecule has 0 rings (SSSR count). The summed E-state index contributed by atoms with van der Waals surface area (Å²) in [6, 6.07) is -0.634. The number of carbonyl (C=O) groups excluding carboxylic acids is 1. The summed E-state index contributed by atoms with van der Waals surface area (Å²) in [4.78, 5) is 12.4. The fourth-order valence-electron chi connectivity index (χ4n) is 8.37. The molecule has 1 amide bonds. The molecule has 0 saturated carbocycles. The van der Waals surface area contributed by atoms with E-state index >= 15 is 0 Å². The van der Waals surface area contributed by atoms with Crippen LogP contribution in [-0.2, 0) is 4.79 Å². The highest BCUT2D eigenvalue weighted by atomic mass is 16.3. The largest absolute Gasteiger partial charge is 0.394 e. The van der Waals surface area contributed by atoms with Gasteiger partial charge in [0.1, 0.15) is 0 Å². The zero-order valence-corrected chi connectivity index (χ0v) is 39.6. The minimum Gasteiger partial charge on any atom is -0.394 e. The van der Waals surface area contributed by atoms with Gasteiger partial charge >= 0.3 is 0 Å². The number of aliphatic hydroxyl groups excluding tert-OH is 2. The Morgan fingerprint density at radius 1 is 0.397 bits per heavy atom. The lowest BCUT2D eigenvalue weighted by atomic mass is 10.0. The van der Waals surface area contributed by atoms with E-state index in [0.29, 0.717) is 6.42 Å². The number of nitrogens with one attached hydrogen (secondary N) is 1. The molecular weight excluding hydrogens is 711 g/mol. The molecule has 0 saturated heterocycles. The second-order valence-corrected chi connectivity index (χ2v) is 18.3. The Balaban J connectivity index is 3.38. The number of carbonyl (C=O) groups is 1. The van der Waals surface area contributed by atoms with Gasteiger partial charge in [-0.1, -0.05) is 282 Å². The highest BCUT2D eigenvalue weighted by Gasteiger charge is 2.18. The molecule has 2 unspecified atom stereocenters. The van der Waals surface area contributed by atoms with Crippen molar-refractivity contribution in [2.45, 2.75) is 309 Å². The van der Waals surface area contributed by atoms with Crippen molar-refractivity contribution in [1.29, 1.82) is 0 Å². The first kappa shape index (κ1) is 56.9. The normalized spacial score (nSPS) is 13.0. The molecule has 0 aromatic heterocycles. The highest BCUT2D eigenvalue weighted by molar-refractivity contribution is 5.76. The lowest BCUT2D eigenvalue weighted by Gasteiger charge is -2.19. The third-order valence-electron chi connectivity index (χ3n) is 12.4. The van der Waals surface area contributed by atoms with Crippen LogP contribution in [0.25, 0.3) is 0 Å². The van der Waals surface area contributed by atoms with Crippen molar-refractivity contribution in [2.24, 2.45) is 0 Å². The summed E-state index contributed by atoms with van der Waals surface area (Å²) in [6.07, 6.45) is 66.4. The first-order valence-corrected chi connectivity index (χ1v) is 26.6. The van der Waals surface area contributed by atoms with Gasteiger partial charge in [0.05, 0.1) is 18.8 Å². The fourth-order valence-corrected chi connectivity index (χ4v) is 8.37. The van der Waals surface area contributed by atoms with Crippen molar-refractivity contribution in [3.8, 4) is 0 Å². The van der Waals surface area contributed by atoms with Gasteiger partial charge in [-0.05, 0) is 32.1 Å². The van der Waals surface area contributed by atoms with Crippen LogP contribution in [0.4, 0.5) is 0 Å². The second kappa shape index (κ2) is 50.2. The van der Waals surface area contributed by atoms with Crippen LogP contribution in [0.1, 0.15) is 296 Å². The summed E-state index contributed by atoms with van der Waals surface area (Å²) < 4.78 is 0. The molecule has 58 heavy (non-hydrogen) atoms. The van der Waals surface area contributed by atoms with Crippen molar-refractivity contribution < 1.29 is 15.0 Å². The van der Waals surface area contributed by atoms with Gasteiger partial charge in [-0.15, -0.1) is 0 Å². The number of allylic oxidation sites excluding steroid dienone is 3. The van der Waals surface area contributed by atoms with Gasteiger partial charge in [0.2, 0.25) is 5.91 Å². The maximum atomic E-state index is 12.4. The molecule has 0 bridgehead atoms. The number of hydrogen-bond acceptors (Lipinski definition) is 3. The maximum absolute atomic E-state index is 12.4. The molecule has 2 atom stereocenters. The summed E-state index contributed by atoms with van der Waals surface area (Å²) >= 11 is 0. The molecule has 0 radical (unpaired) electrons. The molecule has 0 fully saturated rings. The van der Waals surface area contributed by atoms with E-state index in [9.17, 15) is 15.0 Å². The van der Waals surface area contributed by atoms with Crippen LogP contribution in [0.2, 0.25) is 0 Å². The molecule has 0 aromatic carbocycles. The first-order chi connectivity index (χ1) is 28.7. The van der Waals surface area contributed by atoms with Crippen molar-refractivity contribution in [2.75, 3.05) is 6.61 Å². The smallest absolute Gasteiger partial charge is 0.220 e. The van der Waals surface area contributed by atoms with Crippen LogP contribution in [0.15, 0.2) is 24.3 Å². The Bertz CT molecular complexity index is 840. The van der Waals surface area contributed by atoms with Gasteiger partial charge < -0.3 is 15.5 Å². The Morgan fingerprint density at radius 2 is 0.672 bits per heavy atom. The van der Waals surface area contributed by atoms with Crippen LogP contribution in [-0.4, -0.2) is 34.9 Å². The molecule has 4 nitrogen and oxygen atoms in total. The Hall–Kier alpha value is -1.13. The molecule has 0 aliphatic heterocycles. The SMILES string of the molecule is CCCCCCCC/C=C/CC/C=C/C(O)C(CO)NC(=O)CCCCCCCCCCCCCCCCCCCCCCCCCCCCCCCCCCCC. The number of aliphatic hydroxyl groups is 2. The van der Waals surface area contributed by atoms with E-state index in [2.05, 4.69) is 31.3 Å². The van der Waals surface area contributed by atoms with Gasteiger partial charge in [0.25, 0.3) is 0 Å². The molecule has 0 spiro atoms. The maximum Gasteiger partial charge on any atom is 0.220 e. The van der Waals surface area contributed by atoms with Crippen molar-refractivity contribution in [3.63, 3.8) is 0 Å². The summed E-state index contributed by atoms with van der Waals surface area (Å²) in [7, 11) is 0. The van der Waals surface area contributed by atoms with E-state index in [1.165, 1.54) is 244 Å². The second-order valence-electron chi connectivity index (χ2n) is 18.3. The van der Waals surface area contributed by atoms with Crippen molar-refractivity contribution in [3.05, 3.63) is 24.3 Å². The van der Waals surface area contributed by atoms with Crippen LogP contribution in [0.5, 0.6) is 0 Å². The van der Waals surface area contributed by atoms with Gasteiger partial charge in [0.15, 0.2) is 0 Å². The third-order valence-corrected chi connectivity index (χ3v) is 12.4. The van der Waals surface area contributed by atoms with Crippen LogP contribution < -0.4 is 5.32 Å². The molecule has 0 aliphatic carbocycles. The molecule has 0 heterocycles. The van der Waals surface area contributed by atoms with E-state index in [1.807, 2.05) is 6.08 Å². The average Bonchev–Trinajstić information content (AvgIpc) is 3.23. The molecule has 0 aliphatic rings. The van der Waals surface area contributed by atoms with Crippen molar-refractivity contribution >= 4 is 5.91 Å². The third kappa shape index (κ3) is 45.9. The van der Waals surface area contributed by atoms with Crippen molar-refractivity contribution in [1.82, 2.24) is 5.32 Å². The van der Waals surface area contributed by atoms with E-state index in [1.54, 1.807) is 6.08 Å². The molecule has 344 valence electrons. The van der Waals surface area contributed by atoms with E-state index in [4.69, 9.17) is 0 Å². The average molecular weight is 816 g/mol. The molecule has 4 heteroatoms. The van der Waals surface area contributed by atoms with Crippen LogP contribution in [0.3, 0.4) is 0 Å². The topological polar surface area (TPSA) is 69.6 Å². The minimum atomic E-state index is -0.857. The number of hydrogen-bond donors (Lipinski definition) is 3. The predicted octanol–water partition coefficient (Wildman–Crippen LogP) is 17.1. The molecule has 3 N–H and O–H groups in total.